The monoisotopic (exact) mass is 226 g/mol. The van der Waals surface area contributed by atoms with Gasteiger partial charge in [-0.3, -0.25) is 9.59 Å². The summed E-state index contributed by atoms with van der Waals surface area (Å²) in [7, 11) is 2.49. The third-order valence-electron chi connectivity index (χ3n) is 2.13. The van der Waals surface area contributed by atoms with Crippen molar-refractivity contribution >= 4 is 12.3 Å². The molecule has 0 aromatic heterocycles. The van der Waals surface area contributed by atoms with Crippen LogP contribution >= 0.6 is 0 Å². The highest BCUT2D eigenvalue weighted by atomic mass is 19.1. The SMILES string of the molecule is COC(=O)Cc1c(C=O)ccc(F)c1OC. The van der Waals surface area contributed by atoms with E-state index in [1.807, 2.05) is 0 Å². The Hall–Kier alpha value is -1.91. The number of hydrogen-bond acceptors (Lipinski definition) is 4. The Morgan fingerprint density at radius 2 is 2.12 bits per heavy atom. The van der Waals surface area contributed by atoms with Gasteiger partial charge in [-0.25, -0.2) is 4.39 Å². The van der Waals surface area contributed by atoms with Gasteiger partial charge < -0.3 is 9.47 Å². The number of esters is 1. The Labute approximate surface area is 92.0 Å². The fraction of sp³-hybridized carbons (Fsp3) is 0.273. The van der Waals surface area contributed by atoms with Crippen molar-refractivity contribution in [1.29, 1.82) is 0 Å². The van der Waals surface area contributed by atoms with Crippen molar-refractivity contribution in [2.75, 3.05) is 14.2 Å². The summed E-state index contributed by atoms with van der Waals surface area (Å²) in [6.07, 6.45) is 0.339. The Morgan fingerprint density at radius 1 is 1.44 bits per heavy atom. The van der Waals surface area contributed by atoms with Crippen LogP contribution in [0, 0.1) is 5.82 Å². The first-order chi connectivity index (χ1) is 7.63. The molecule has 0 heterocycles. The Balaban J connectivity index is 3.24. The van der Waals surface area contributed by atoms with Crippen LogP contribution in [0.25, 0.3) is 0 Å². The van der Waals surface area contributed by atoms with Crippen LogP contribution in [0.3, 0.4) is 0 Å². The minimum Gasteiger partial charge on any atom is -0.493 e. The summed E-state index contributed by atoms with van der Waals surface area (Å²) in [5, 5.41) is 0. The Bertz CT molecular complexity index is 415. The van der Waals surface area contributed by atoms with Crippen molar-refractivity contribution in [2.24, 2.45) is 0 Å². The number of benzene rings is 1. The molecule has 0 radical (unpaired) electrons. The highest BCUT2D eigenvalue weighted by Gasteiger charge is 2.17. The van der Waals surface area contributed by atoms with Crippen molar-refractivity contribution in [3.05, 3.63) is 29.1 Å². The normalized spacial score (nSPS) is 9.69. The number of hydrogen-bond donors (Lipinski definition) is 0. The molecule has 0 bridgehead atoms. The van der Waals surface area contributed by atoms with Crippen LogP contribution in [0.1, 0.15) is 15.9 Å². The van der Waals surface area contributed by atoms with Gasteiger partial charge in [0, 0.05) is 11.1 Å². The molecule has 0 atom stereocenters. The summed E-state index contributed by atoms with van der Waals surface area (Å²) in [5.41, 5.74) is 0.410. The first kappa shape index (κ1) is 12.2. The first-order valence-corrected chi connectivity index (χ1v) is 4.51. The maximum absolute atomic E-state index is 13.3. The van der Waals surface area contributed by atoms with Gasteiger partial charge >= 0.3 is 5.97 Å². The van der Waals surface area contributed by atoms with Crippen molar-refractivity contribution in [2.45, 2.75) is 6.42 Å². The average Bonchev–Trinajstić information content (AvgIpc) is 2.29. The van der Waals surface area contributed by atoms with Crippen molar-refractivity contribution in [3.63, 3.8) is 0 Å². The third-order valence-corrected chi connectivity index (χ3v) is 2.13. The zero-order valence-corrected chi connectivity index (χ0v) is 8.95. The van der Waals surface area contributed by atoms with Gasteiger partial charge in [-0.05, 0) is 12.1 Å². The standard InChI is InChI=1S/C11H11FO4/c1-15-10(14)5-8-7(6-13)3-4-9(12)11(8)16-2/h3-4,6H,5H2,1-2H3. The van der Waals surface area contributed by atoms with Crippen LogP contribution in [0.5, 0.6) is 5.75 Å². The van der Waals surface area contributed by atoms with E-state index in [0.29, 0.717) is 6.29 Å². The van der Waals surface area contributed by atoms with Crippen molar-refractivity contribution in [3.8, 4) is 5.75 Å². The maximum Gasteiger partial charge on any atom is 0.310 e. The molecule has 0 fully saturated rings. The molecule has 1 rings (SSSR count). The minimum atomic E-state index is -0.619. The summed E-state index contributed by atoms with van der Waals surface area (Å²) in [6.45, 7) is 0. The molecule has 0 aliphatic heterocycles. The molecule has 86 valence electrons. The number of aldehydes is 1. The van der Waals surface area contributed by atoms with Gasteiger partial charge in [0.2, 0.25) is 0 Å². The second-order valence-electron chi connectivity index (χ2n) is 3.02. The van der Waals surface area contributed by atoms with Gasteiger partial charge in [0.25, 0.3) is 0 Å². The van der Waals surface area contributed by atoms with Crippen LogP contribution in [0.15, 0.2) is 12.1 Å². The van der Waals surface area contributed by atoms with Gasteiger partial charge in [-0.2, -0.15) is 0 Å². The molecule has 0 aliphatic carbocycles. The van der Waals surface area contributed by atoms with E-state index in [1.165, 1.54) is 20.3 Å². The maximum atomic E-state index is 13.3. The number of halogens is 1. The number of ether oxygens (including phenoxy) is 2. The van der Waals surface area contributed by atoms with Gasteiger partial charge in [0.05, 0.1) is 20.6 Å². The summed E-state index contributed by atoms with van der Waals surface area (Å²) in [4.78, 5) is 21.9. The van der Waals surface area contributed by atoms with Crippen LogP contribution in [-0.4, -0.2) is 26.5 Å². The average molecular weight is 226 g/mol. The van der Waals surface area contributed by atoms with E-state index in [2.05, 4.69) is 4.74 Å². The smallest absolute Gasteiger partial charge is 0.310 e. The predicted molar refractivity (Wildman–Crippen MR) is 54.1 cm³/mol. The Morgan fingerprint density at radius 3 is 2.62 bits per heavy atom. The zero-order valence-electron chi connectivity index (χ0n) is 8.95. The molecule has 0 saturated carbocycles. The molecule has 16 heavy (non-hydrogen) atoms. The lowest BCUT2D eigenvalue weighted by Gasteiger charge is -2.10. The molecule has 0 amide bonds. The predicted octanol–water partition coefficient (Wildman–Crippen LogP) is 1.36. The lowest BCUT2D eigenvalue weighted by molar-refractivity contribution is -0.139. The highest BCUT2D eigenvalue weighted by molar-refractivity contribution is 5.83. The molecule has 0 aliphatic rings. The molecule has 4 nitrogen and oxygen atoms in total. The largest absolute Gasteiger partial charge is 0.493 e. The summed E-state index contributed by atoms with van der Waals surface area (Å²) < 4.78 is 22.6. The van der Waals surface area contributed by atoms with Crippen molar-refractivity contribution < 1.29 is 23.5 Å². The number of rotatable bonds is 4. The summed E-state index contributed by atoms with van der Waals surface area (Å²) in [6, 6.07) is 2.41. The molecule has 0 unspecified atom stereocenters. The van der Waals surface area contributed by atoms with Crippen LogP contribution in [0.4, 0.5) is 4.39 Å². The van der Waals surface area contributed by atoms with E-state index in [0.717, 1.165) is 6.07 Å². The van der Waals surface area contributed by atoms with E-state index >= 15 is 0 Å². The van der Waals surface area contributed by atoms with E-state index < -0.39 is 11.8 Å². The highest BCUT2D eigenvalue weighted by Crippen LogP contribution is 2.26. The van der Waals surface area contributed by atoms with Gasteiger partial charge in [0.1, 0.15) is 6.29 Å². The lowest BCUT2D eigenvalue weighted by Crippen LogP contribution is -2.09. The Kier molecular flexibility index (Phi) is 3.99. The van der Waals surface area contributed by atoms with Crippen molar-refractivity contribution in [1.82, 2.24) is 0 Å². The fourth-order valence-corrected chi connectivity index (χ4v) is 1.34. The van der Waals surface area contributed by atoms with Gasteiger partial charge in [0.15, 0.2) is 11.6 Å². The number of carbonyl (C=O) groups excluding carboxylic acids is 2. The van der Waals surface area contributed by atoms with Gasteiger partial charge in [-0.1, -0.05) is 0 Å². The third kappa shape index (κ3) is 2.36. The lowest BCUT2D eigenvalue weighted by atomic mass is 10.0. The second kappa shape index (κ2) is 5.25. The summed E-state index contributed by atoms with van der Waals surface area (Å²) in [5.74, 6) is -1.28. The zero-order chi connectivity index (χ0) is 12.1. The fourth-order valence-electron chi connectivity index (χ4n) is 1.34. The molecule has 1 aromatic rings. The molecule has 0 saturated heterocycles. The van der Waals surface area contributed by atoms with E-state index in [-0.39, 0.29) is 23.3 Å². The van der Waals surface area contributed by atoms with E-state index in [1.54, 1.807) is 0 Å². The quantitative estimate of drug-likeness (QED) is 0.574. The minimum absolute atomic E-state index is 0.102. The van der Waals surface area contributed by atoms with E-state index in [4.69, 9.17) is 4.74 Å². The molecular formula is C11H11FO4. The first-order valence-electron chi connectivity index (χ1n) is 4.51. The molecular weight excluding hydrogens is 215 g/mol. The molecule has 0 N–H and O–H groups in total. The molecule has 5 heteroatoms. The number of methoxy groups -OCH3 is 2. The van der Waals surface area contributed by atoms with Crippen LogP contribution in [0.2, 0.25) is 0 Å². The molecule has 1 aromatic carbocycles. The second-order valence-corrected chi connectivity index (χ2v) is 3.02. The summed E-state index contributed by atoms with van der Waals surface area (Å²) >= 11 is 0. The van der Waals surface area contributed by atoms with Crippen LogP contribution < -0.4 is 4.74 Å². The van der Waals surface area contributed by atoms with Gasteiger partial charge in [-0.15, -0.1) is 0 Å². The van der Waals surface area contributed by atoms with Crippen LogP contribution in [-0.2, 0) is 16.0 Å². The van der Waals surface area contributed by atoms with E-state index in [9.17, 15) is 14.0 Å². The number of carbonyl (C=O) groups is 2. The molecule has 0 spiro atoms. The topological polar surface area (TPSA) is 52.6 Å².